The summed E-state index contributed by atoms with van der Waals surface area (Å²) in [6, 6.07) is 3.11. The van der Waals surface area contributed by atoms with Crippen molar-refractivity contribution in [3.63, 3.8) is 0 Å². The van der Waals surface area contributed by atoms with Gasteiger partial charge in [0, 0.05) is 25.2 Å². The molecule has 1 aromatic rings. The van der Waals surface area contributed by atoms with Gasteiger partial charge in [-0.1, -0.05) is 13.8 Å². The van der Waals surface area contributed by atoms with Crippen LogP contribution < -0.4 is 15.4 Å². The second-order valence-corrected chi connectivity index (χ2v) is 6.28. The lowest BCUT2D eigenvalue weighted by molar-refractivity contribution is 0.321. The Kier molecular flexibility index (Phi) is 4.41. The lowest BCUT2D eigenvalue weighted by Crippen LogP contribution is -2.26. The Labute approximate surface area is 120 Å². The van der Waals surface area contributed by atoms with Crippen molar-refractivity contribution >= 4 is 11.4 Å². The Morgan fingerprint density at radius 3 is 2.75 bits per heavy atom. The molecule has 1 aliphatic rings. The van der Waals surface area contributed by atoms with E-state index in [2.05, 4.69) is 18.7 Å². The maximum atomic E-state index is 13.8. The SMILES string of the molecule is CCOc1cc(N2CCCC(C)(C)CC2)c(N)cc1F. The highest BCUT2D eigenvalue weighted by atomic mass is 19.1. The quantitative estimate of drug-likeness (QED) is 0.855. The summed E-state index contributed by atoms with van der Waals surface area (Å²) < 4.78 is 19.1. The summed E-state index contributed by atoms with van der Waals surface area (Å²) >= 11 is 0. The van der Waals surface area contributed by atoms with Crippen molar-refractivity contribution in [2.75, 3.05) is 30.3 Å². The number of ether oxygens (including phenoxy) is 1. The largest absolute Gasteiger partial charge is 0.491 e. The van der Waals surface area contributed by atoms with Gasteiger partial charge in [0.15, 0.2) is 11.6 Å². The van der Waals surface area contributed by atoms with Crippen LogP contribution >= 0.6 is 0 Å². The maximum absolute atomic E-state index is 13.8. The van der Waals surface area contributed by atoms with Crippen LogP contribution in [0.15, 0.2) is 12.1 Å². The smallest absolute Gasteiger partial charge is 0.167 e. The maximum Gasteiger partial charge on any atom is 0.167 e. The number of halogens is 1. The van der Waals surface area contributed by atoms with Crippen LogP contribution in [0, 0.1) is 11.2 Å². The molecule has 0 amide bonds. The van der Waals surface area contributed by atoms with Crippen LogP contribution in [0.3, 0.4) is 0 Å². The van der Waals surface area contributed by atoms with Crippen LogP contribution in [0.1, 0.15) is 40.0 Å². The van der Waals surface area contributed by atoms with Gasteiger partial charge in [0.05, 0.1) is 18.0 Å². The van der Waals surface area contributed by atoms with E-state index >= 15 is 0 Å². The van der Waals surface area contributed by atoms with Gasteiger partial charge in [-0.15, -0.1) is 0 Å². The van der Waals surface area contributed by atoms with E-state index < -0.39 is 0 Å². The Morgan fingerprint density at radius 1 is 1.30 bits per heavy atom. The van der Waals surface area contributed by atoms with Crippen molar-refractivity contribution < 1.29 is 9.13 Å². The van der Waals surface area contributed by atoms with E-state index in [1.807, 2.05) is 6.92 Å². The number of benzene rings is 1. The first kappa shape index (κ1) is 14.9. The highest BCUT2D eigenvalue weighted by molar-refractivity contribution is 5.70. The third-order valence-electron chi connectivity index (χ3n) is 4.06. The van der Waals surface area contributed by atoms with Gasteiger partial charge >= 0.3 is 0 Å². The normalized spacial score (nSPS) is 18.7. The summed E-state index contributed by atoms with van der Waals surface area (Å²) in [5.41, 5.74) is 7.75. The standard InChI is InChI=1S/C16H25FN2O/c1-4-20-15-11-14(13(18)10-12(15)17)19-8-5-6-16(2,3)7-9-19/h10-11H,4-9,18H2,1-3H3. The van der Waals surface area contributed by atoms with Crippen LogP contribution in [0.2, 0.25) is 0 Å². The molecule has 0 unspecified atom stereocenters. The minimum absolute atomic E-state index is 0.292. The molecule has 20 heavy (non-hydrogen) atoms. The topological polar surface area (TPSA) is 38.5 Å². The highest BCUT2D eigenvalue weighted by Gasteiger charge is 2.24. The molecule has 1 aromatic carbocycles. The lowest BCUT2D eigenvalue weighted by atomic mass is 9.85. The fraction of sp³-hybridized carbons (Fsp3) is 0.625. The van der Waals surface area contributed by atoms with E-state index in [0.29, 0.717) is 23.5 Å². The molecule has 0 aliphatic carbocycles. The summed E-state index contributed by atoms with van der Waals surface area (Å²) in [6.45, 7) is 8.82. The van der Waals surface area contributed by atoms with Gasteiger partial charge in [-0.2, -0.15) is 0 Å². The number of anilines is 2. The third kappa shape index (κ3) is 3.35. The average Bonchev–Trinajstić information content (AvgIpc) is 2.54. The number of hydrogen-bond acceptors (Lipinski definition) is 3. The molecular weight excluding hydrogens is 255 g/mol. The first-order valence-corrected chi connectivity index (χ1v) is 7.40. The minimum Gasteiger partial charge on any atom is -0.491 e. The molecule has 0 bridgehead atoms. The first-order valence-electron chi connectivity index (χ1n) is 7.40. The van der Waals surface area contributed by atoms with E-state index in [1.165, 1.54) is 12.5 Å². The molecule has 2 N–H and O–H groups in total. The summed E-state index contributed by atoms with van der Waals surface area (Å²) in [5.74, 6) is -0.0940. The fourth-order valence-corrected chi connectivity index (χ4v) is 2.76. The van der Waals surface area contributed by atoms with E-state index in [-0.39, 0.29) is 5.82 Å². The predicted molar refractivity (Wildman–Crippen MR) is 81.8 cm³/mol. The lowest BCUT2D eigenvalue weighted by Gasteiger charge is -2.26. The van der Waals surface area contributed by atoms with E-state index in [9.17, 15) is 4.39 Å². The monoisotopic (exact) mass is 280 g/mol. The van der Waals surface area contributed by atoms with E-state index in [4.69, 9.17) is 10.5 Å². The third-order valence-corrected chi connectivity index (χ3v) is 4.06. The summed E-state index contributed by atoms with van der Waals surface area (Å²) in [4.78, 5) is 2.26. The van der Waals surface area contributed by atoms with Gasteiger partial charge in [0.2, 0.25) is 0 Å². The van der Waals surface area contributed by atoms with Crippen molar-refractivity contribution in [2.45, 2.75) is 40.0 Å². The Hall–Kier alpha value is -1.45. The second-order valence-electron chi connectivity index (χ2n) is 6.28. The summed E-state index contributed by atoms with van der Waals surface area (Å²) in [5, 5.41) is 0. The molecule has 0 atom stereocenters. The zero-order valence-electron chi connectivity index (χ0n) is 12.7. The van der Waals surface area contributed by atoms with Gasteiger partial charge in [-0.3, -0.25) is 0 Å². The molecule has 0 spiro atoms. The number of rotatable bonds is 3. The molecule has 1 heterocycles. The zero-order valence-corrected chi connectivity index (χ0v) is 12.7. The van der Waals surface area contributed by atoms with Crippen molar-refractivity contribution in [3.05, 3.63) is 17.9 Å². The van der Waals surface area contributed by atoms with Gasteiger partial charge in [-0.05, 0) is 31.6 Å². The van der Waals surface area contributed by atoms with Crippen molar-refractivity contribution in [1.82, 2.24) is 0 Å². The Morgan fingerprint density at radius 2 is 2.05 bits per heavy atom. The number of nitrogens with two attached hydrogens (primary N) is 1. The van der Waals surface area contributed by atoms with Gasteiger partial charge < -0.3 is 15.4 Å². The molecule has 3 nitrogen and oxygen atoms in total. The molecule has 1 saturated heterocycles. The zero-order chi connectivity index (χ0) is 14.8. The molecule has 0 radical (unpaired) electrons. The van der Waals surface area contributed by atoms with Crippen LogP contribution in [0.5, 0.6) is 5.75 Å². The minimum atomic E-state index is -0.386. The molecule has 1 fully saturated rings. The second kappa shape index (κ2) is 5.90. The van der Waals surface area contributed by atoms with Gasteiger partial charge in [0.25, 0.3) is 0 Å². The van der Waals surface area contributed by atoms with Gasteiger partial charge in [0.1, 0.15) is 0 Å². The molecular formula is C16H25FN2O. The molecule has 4 heteroatoms. The fourth-order valence-electron chi connectivity index (χ4n) is 2.76. The first-order chi connectivity index (χ1) is 9.43. The summed E-state index contributed by atoms with van der Waals surface area (Å²) in [7, 11) is 0. The van der Waals surface area contributed by atoms with Crippen molar-refractivity contribution in [2.24, 2.45) is 5.41 Å². The average molecular weight is 280 g/mol. The molecule has 1 aliphatic heterocycles. The predicted octanol–water partition coefficient (Wildman–Crippen LogP) is 3.82. The Bertz CT molecular complexity index is 474. The number of hydrogen-bond donors (Lipinski definition) is 1. The summed E-state index contributed by atoms with van der Waals surface area (Å²) in [6.07, 6.45) is 3.46. The molecule has 0 aromatic heterocycles. The Balaban J connectivity index is 2.25. The highest BCUT2D eigenvalue weighted by Crippen LogP contribution is 2.36. The van der Waals surface area contributed by atoms with Crippen LogP contribution in [0.25, 0.3) is 0 Å². The van der Waals surface area contributed by atoms with Crippen LogP contribution in [-0.4, -0.2) is 19.7 Å². The number of nitrogens with zero attached hydrogens (tertiary/aromatic N) is 1. The molecule has 0 saturated carbocycles. The number of nitrogen functional groups attached to an aromatic ring is 1. The van der Waals surface area contributed by atoms with E-state index in [0.717, 1.165) is 31.6 Å². The van der Waals surface area contributed by atoms with Crippen molar-refractivity contribution in [1.29, 1.82) is 0 Å². The van der Waals surface area contributed by atoms with Gasteiger partial charge in [-0.25, -0.2) is 4.39 Å². The van der Waals surface area contributed by atoms with Crippen LogP contribution in [-0.2, 0) is 0 Å². The van der Waals surface area contributed by atoms with E-state index in [1.54, 1.807) is 6.07 Å². The molecule has 112 valence electrons. The van der Waals surface area contributed by atoms with Crippen molar-refractivity contribution in [3.8, 4) is 5.75 Å². The van der Waals surface area contributed by atoms with Crippen LogP contribution in [0.4, 0.5) is 15.8 Å². The molecule has 2 rings (SSSR count).